The summed E-state index contributed by atoms with van der Waals surface area (Å²) in [5, 5.41) is 0. The van der Waals surface area contributed by atoms with Crippen molar-refractivity contribution in [2.45, 2.75) is 25.0 Å². The van der Waals surface area contributed by atoms with Crippen molar-refractivity contribution in [3.8, 4) is 11.5 Å². The van der Waals surface area contributed by atoms with Gasteiger partial charge in [0.2, 0.25) is 0 Å². The van der Waals surface area contributed by atoms with Gasteiger partial charge in [0.05, 0.1) is 23.3 Å². The lowest BCUT2D eigenvalue weighted by Crippen LogP contribution is -2.13. The number of hydrogen-bond donors (Lipinski definition) is 0. The second kappa shape index (κ2) is 8.81. The number of hydrogen-bond acceptors (Lipinski definition) is 6. The molecule has 2 rings (SSSR count). The highest BCUT2D eigenvalue weighted by Gasteiger charge is 2.21. The van der Waals surface area contributed by atoms with Gasteiger partial charge in [-0.15, -0.1) is 0 Å². The number of carbonyl (C=O) groups excluding carboxylic acids is 1. The van der Waals surface area contributed by atoms with Crippen LogP contribution in [0.25, 0.3) is 0 Å². The number of halogens is 2. The van der Waals surface area contributed by atoms with Crippen molar-refractivity contribution >= 4 is 15.8 Å². The van der Waals surface area contributed by atoms with E-state index >= 15 is 0 Å². The van der Waals surface area contributed by atoms with Crippen LogP contribution >= 0.6 is 0 Å². The minimum Gasteiger partial charge on any atom is -0.493 e. The number of esters is 1. The zero-order chi connectivity index (χ0) is 20.0. The smallest absolute Gasteiger partial charge is 0.387 e. The Bertz CT molecular complexity index is 912. The summed E-state index contributed by atoms with van der Waals surface area (Å²) in [6.45, 7) is -1.73. The summed E-state index contributed by atoms with van der Waals surface area (Å²) in [6, 6.07) is 9.85. The molecule has 0 aliphatic carbocycles. The quantitative estimate of drug-likeness (QED) is 0.632. The maximum absolute atomic E-state index is 12.3. The van der Waals surface area contributed by atoms with Crippen molar-refractivity contribution in [2.24, 2.45) is 0 Å². The van der Waals surface area contributed by atoms with Gasteiger partial charge in [0, 0.05) is 0 Å². The molecule has 0 bridgehead atoms. The van der Waals surface area contributed by atoms with E-state index in [1.807, 2.05) is 0 Å². The van der Waals surface area contributed by atoms with E-state index in [0.717, 1.165) is 0 Å². The summed E-state index contributed by atoms with van der Waals surface area (Å²) >= 11 is 0. The van der Waals surface area contributed by atoms with Crippen LogP contribution < -0.4 is 9.47 Å². The molecule has 0 spiro atoms. The van der Waals surface area contributed by atoms with Gasteiger partial charge in [-0.25, -0.2) is 13.2 Å². The molecule has 0 aromatic heterocycles. The predicted octanol–water partition coefficient (Wildman–Crippen LogP) is 3.45. The molecule has 0 radical (unpaired) electrons. The summed E-state index contributed by atoms with van der Waals surface area (Å²) in [7, 11) is -2.31. The van der Waals surface area contributed by atoms with Crippen LogP contribution in [0.2, 0.25) is 0 Å². The van der Waals surface area contributed by atoms with E-state index < -0.39 is 22.4 Å². The molecule has 27 heavy (non-hydrogen) atoms. The molecule has 0 saturated carbocycles. The number of sulfone groups is 1. The van der Waals surface area contributed by atoms with Crippen LogP contribution in [0.4, 0.5) is 8.78 Å². The van der Waals surface area contributed by atoms with Gasteiger partial charge < -0.3 is 14.2 Å². The summed E-state index contributed by atoms with van der Waals surface area (Å²) in [5.41, 5.74) is 0.390. The second-order valence-electron chi connectivity index (χ2n) is 5.34. The van der Waals surface area contributed by atoms with Gasteiger partial charge in [-0.05, 0) is 29.8 Å². The largest absolute Gasteiger partial charge is 0.493 e. The maximum atomic E-state index is 12.3. The number of ether oxygens (including phenoxy) is 3. The Balaban J connectivity index is 2.17. The monoisotopic (exact) mass is 400 g/mol. The third-order valence-electron chi connectivity index (χ3n) is 3.64. The Morgan fingerprint density at radius 3 is 2.44 bits per heavy atom. The highest BCUT2D eigenvalue weighted by atomic mass is 32.2. The van der Waals surface area contributed by atoms with E-state index in [1.165, 1.54) is 56.5 Å². The normalized spacial score (nSPS) is 11.3. The van der Waals surface area contributed by atoms with E-state index in [4.69, 9.17) is 9.47 Å². The van der Waals surface area contributed by atoms with Crippen molar-refractivity contribution in [1.82, 2.24) is 0 Å². The van der Waals surface area contributed by atoms with Gasteiger partial charge in [0.15, 0.2) is 21.3 Å². The van der Waals surface area contributed by atoms with Crippen LogP contribution in [0.1, 0.15) is 22.8 Å². The topological polar surface area (TPSA) is 78.9 Å². The highest BCUT2D eigenvalue weighted by molar-refractivity contribution is 7.91. The van der Waals surface area contributed by atoms with Crippen molar-refractivity contribution in [1.29, 1.82) is 0 Å². The molecule has 0 heterocycles. The Hall–Kier alpha value is -2.68. The predicted molar refractivity (Wildman–Crippen MR) is 92.9 cm³/mol. The van der Waals surface area contributed by atoms with Gasteiger partial charge in [-0.2, -0.15) is 8.78 Å². The van der Waals surface area contributed by atoms with E-state index in [0.29, 0.717) is 5.56 Å². The Kier molecular flexibility index (Phi) is 6.73. The molecule has 0 fully saturated rings. The lowest BCUT2D eigenvalue weighted by molar-refractivity contribution is -0.0512. The maximum Gasteiger partial charge on any atom is 0.387 e. The van der Waals surface area contributed by atoms with Gasteiger partial charge in [-0.3, -0.25) is 0 Å². The molecule has 2 aromatic rings. The Labute approximate surface area is 155 Å². The molecule has 9 heteroatoms. The molecule has 2 aromatic carbocycles. The number of carbonyl (C=O) groups is 1. The minimum absolute atomic E-state index is 0.0535. The first-order valence-electron chi connectivity index (χ1n) is 7.89. The summed E-state index contributed by atoms with van der Waals surface area (Å²) in [6.07, 6.45) is 0. The molecule has 6 nitrogen and oxygen atoms in total. The SMILES string of the molecule is CCS(=O)(=O)c1ccccc1C(=O)OCc1ccc(OC(F)F)c(OC)c1. The van der Waals surface area contributed by atoms with Crippen molar-refractivity contribution < 1.29 is 36.2 Å². The Morgan fingerprint density at radius 1 is 1.11 bits per heavy atom. The minimum atomic E-state index is -3.59. The van der Waals surface area contributed by atoms with E-state index in [1.54, 1.807) is 0 Å². The third kappa shape index (κ3) is 5.16. The Morgan fingerprint density at radius 2 is 1.81 bits per heavy atom. The summed E-state index contributed by atoms with van der Waals surface area (Å²) < 4.78 is 63.4. The first-order chi connectivity index (χ1) is 12.8. The number of rotatable bonds is 8. The lowest BCUT2D eigenvalue weighted by Gasteiger charge is -2.12. The summed E-state index contributed by atoms with van der Waals surface area (Å²) in [5.74, 6) is -1.06. The van der Waals surface area contributed by atoms with Crippen LogP contribution in [-0.2, 0) is 21.2 Å². The number of alkyl halides is 2. The molecule has 0 amide bonds. The fourth-order valence-electron chi connectivity index (χ4n) is 2.28. The molecule has 0 N–H and O–H groups in total. The second-order valence-corrected chi connectivity index (χ2v) is 7.59. The van der Waals surface area contributed by atoms with Gasteiger partial charge in [-0.1, -0.05) is 25.1 Å². The fourth-order valence-corrected chi connectivity index (χ4v) is 3.37. The zero-order valence-electron chi connectivity index (χ0n) is 14.6. The fraction of sp³-hybridized carbons (Fsp3) is 0.278. The molecule has 0 aliphatic rings. The van der Waals surface area contributed by atoms with Crippen molar-refractivity contribution in [2.75, 3.05) is 12.9 Å². The molecule has 0 atom stereocenters. The molecule has 146 valence electrons. The number of methoxy groups -OCH3 is 1. The number of benzene rings is 2. The third-order valence-corrected chi connectivity index (χ3v) is 5.42. The van der Waals surface area contributed by atoms with Crippen LogP contribution in [0.3, 0.4) is 0 Å². The van der Waals surface area contributed by atoms with Gasteiger partial charge >= 0.3 is 12.6 Å². The first-order valence-corrected chi connectivity index (χ1v) is 9.54. The van der Waals surface area contributed by atoms with Gasteiger partial charge in [0.25, 0.3) is 0 Å². The molecular weight excluding hydrogens is 382 g/mol. The molecule has 0 unspecified atom stereocenters. The zero-order valence-corrected chi connectivity index (χ0v) is 15.5. The average molecular weight is 400 g/mol. The standard InChI is InChI=1S/C18H18F2O6S/c1-3-27(22,23)16-7-5-4-6-13(16)17(21)25-11-12-8-9-14(26-18(19)20)15(10-12)24-2/h4-10,18H,3,11H2,1-2H3. The lowest BCUT2D eigenvalue weighted by atomic mass is 10.2. The summed E-state index contributed by atoms with van der Waals surface area (Å²) in [4.78, 5) is 12.2. The molecule has 0 aliphatic heterocycles. The van der Waals surface area contributed by atoms with Crippen molar-refractivity contribution in [3.05, 3.63) is 53.6 Å². The van der Waals surface area contributed by atoms with Crippen LogP contribution in [-0.4, -0.2) is 33.9 Å². The van der Waals surface area contributed by atoms with E-state index in [-0.39, 0.29) is 34.3 Å². The van der Waals surface area contributed by atoms with E-state index in [9.17, 15) is 22.0 Å². The molecular formula is C18H18F2O6S. The van der Waals surface area contributed by atoms with Crippen LogP contribution in [0, 0.1) is 0 Å². The first kappa shape index (κ1) is 20.6. The molecule has 0 saturated heterocycles. The van der Waals surface area contributed by atoms with Crippen LogP contribution in [0.5, 0.6) is 11.5 Å². The van der Waals surface area contributed by atoms with Crippen LogP contribution in [0.15, 0.2) is 47.4 Å². The van der Waals surface area contributed by atoms with E-state index in [2.05, 4.69) is 4.74 Å². The van der Waals surface area contributed by atoms with Gasteiger partial charge in [0.1, 0.15) is 6.61 Å². The average Bonchev–Trinajstić information content (AvgIpc) is 2.66. The highest BCUT2D eigenvalue weighted by Crippen LogP contribution is 2.30. The van der Waals surface area contributed by atoms with Crippen molar-refractivity contribution in [3.63, 3.8) is 0 Å².